The van der Waals surface area contributed by atoms with Gasteiger partial charge in [-0.25, -0.2) is 15.0 Å². The number of aromatic nitrogens is 4. The Kier molecular flexibility index (Phi) is 6.56. The second kappa shape index (κ2) is 11.6. The third-order valence-electron chi connectivity index (χ3n) is 11.3. The molecule has 0 spiro atoms. The summed E-state index contributed by atoms with van der Waals surface area (Å²) in [6.07, 6.45) is 0. The molecule has 3 aromatic heterocycles. The van der Waals surface area contributed by atoms with Gasteiger partial charge >= 0.3 is 0 Å². The molecule has 55 heavy (non-hydrogen) atoms. The van der Waals surface area contributed by atoms with Crippen molar-refractivity contribution in [3.8, 4) is 57.0 Å². The van der Waals surface area contributed by atoms with Crippen LogP contribution in [-0.2, 0) is 5.41 Å². The Balaban J connectivity index is 1.25. The van der Waals surface area contributed by atoms with Crippen molar-refractivity contribution in [3.63, 3.8) is 0 Å². The predicted molar refractivity (Wildman–Crippen MR) is 220 cm³/mol. The minimum atomic E-state index is -0.205. The van der Waals surface area contributed by atoms with Crippen molar-refractivity contribution in [3.05, 3.63) is 168 Å². The van der Waals surface area contributed by atoms with Gasteiger partial charge in [-0.15, -0.1) is 0 Å². The van der Waals surface area contributed by atoms with Crippen LogP contribution in [0.5, 0.6) is 0 Å². The smallest absolute Gasteiger partial charge is 0.164 e. The van der Waals surface area contributed by atoms with Crippen LogP contribution in [0.3, 0.4) is 0 Å². The number of hydrogen-bond acceptors (Lipinski definition) is 5. The third kappa shape index (κ3) is 4.50. The number of benzene rings is 7. The summed E-state index contributed by atoms with van der Waals surface area (Å²) in [6, 6.07) is 54.2. The lowest BCUT2D eigenvalue weighted by Gasteiger charge is -2.22. The first-order valence-corrected chi connectivity index (χ1v) is 18.4. The third-order valence-corrected chi connectivity index (χ3v) is 11.3. The molecule has 6 nitrogen and oxygen atoms in total. The van der Waals surface area contributed by atoms with Gasteiger partial charge in [-0.05, 0) is 52.6 Å². The number of fused-ring (bicyclic) bond motifs is 9. The van der Waals surface area contributed by atoms with Gasteiger partial charge in [-0.2, -0.15) is 5.26 Å². The van der Waals surface area contributed by atoms with Crippen LogP contribution in [0.15, 0.2) is 156 Å². The van der Waals surface area contributed by atoms with Crippen LogP contribution < -0.4 is 0 Å². The van der Waals surface area contributed by atoms with Crippen LogP contribution in [0.2, 0.25) is 0 Å². The maximum Gasteiger partial charge on any atom is 0.164 e. The summed E-state index contributed by atoms with van der Waals surface area (Å²) in [4.78, 5) is 15.1. The molecular formula is C49H31N5O. The van der Waals surface area contributed by atoms with E-state index in [1.165, 1.54) is 22.3 Å². The molecule has 0 N–H and O–H groups in total. The molecule has 11 rings (SSSR count). The molecule has 0 radical (unpaired) electrons. The van der Waals surface area contributed by atoms with E-state index in [0.717, 1.165) is 43.7 Å². The number of furan rings is 1. The number of nitrogens with zero attached hydrogens (tertiary/aromatic N) is 5. The molecule has 258 valence electrons. The maximum absolute atomic E-state index is 11.1. The largest absolute Gasteiger partial charge is 0.454 e. The van der Waals surface area contributed by atoms with Crippen LogP contribution in [0.4, 0.5) is 0 Å². The lowest BCUT2D eigenvalue weighted by atomic mass is 9.82. The fourth-order valence-corrected chi connectivity index (χ4v) is 8.70. The Morgan fingerprint density at radius 2 is 1.16 bits per heavy atom. The molecule has 0 fully saturated rings. The van der Waals surface area contributed by atoms with Crippen LogP contribution >= 0.6 is 0 Å². The van der Waals surface area contributed by atoms with Crippen molar-refractivity contribution < 1.29 is 4.42 Å². The maximum atomic E-state index is 11.1. The van der Waals surface area contributed by atoms with E-state index in [1.807, 2.05) is 84.9 Å². The highest BCUT2D eigenvalue weighted by Crippen LogP contribution is 2.52. The average Bonchev–Trinajstić information content (AvgIpc) is 3.86. The molecule has 7 aromatic carbocycles. The van der Waals surface area contributed by atoms with Gasteiger partial charge in [-0.1, -0.05) is 135 Å². The number of rotatable bonds is 4. The summed E-state index contributed by atoms with van der Waals surface area (Å²) in [5.74, 6) is 1.56. The molecule has 0 unspecified atom stereocenters. The Morgan fingerprint density at radius 3 is 1.89 bits per heavy atom. The van der Waals surface area contributed by atoms with Crippen LogP contribution in [0, 0.1) is 11.3 Å². The van der Waals surface area contributed by atoms with Crippen LogP contribution in [0.25, 0.3) is 94.7 Å². The molecule has 6 heteroatoms. The molecule has 3 heterocycles. The first kappa shape index (κ1) is 31.2. The highest BCUT2D eigenvalue weighted by atomic mass is 16.3. The molecule has 1 aliphatic rings. The lowest BCUT2D eigenvalue weighted by Crippen LogP contribution is -2.15. The first-order valence-electron chi connectivity index (χ1n) is 18.4. The molecule has 1 aliphatic carbocycles. The second-order valence-electron chi connectivity index (χ2n) is 14.7. The molecular weight excluding hydrogens is 675 g/mol. The van der Waals surface area contributed by atoms with Gasteiger partial charge in [0.2, 0.25) is 0 Å². The van der Waals surface area contributed by atoms with Gasteiger partial charge in [0.1, 0.15) is 17.3 Å². The SMILES string of the molecule is CC1(C)c2ccccc2-c2cc3c4ccccc4n(-c4c(C#N)cc(-c5nc(-c6ccccc6)nc(-c6ccccc6)n5)c5c4oc4ccccc45)c3cc21. The monoisotopic (exact) mass is 705 g/mol. The standard InChI is InChI=1S/C49H31N5O/c1-49(2)38-22-12-9-19-32(38)35-26-36-33-20-10-13-23-40(33)54(41(36)27-39(35)49)44-31(28-50)25-37(43-34-21-11-14-24-42(34)55-45(43)44)48-52-46(29-15-5-3-6-16-29)51-47(53-48)30-17-7-4-8-18-30/h3-27H,1-2H3. The highest BCUT2D eigenvalue weighted by Gasteiger charge is 2.36. The fourth-order valence-electron chi connectivity index (χ4n) is 8.70. The number of hydrogen-bond donors (Lipinski definition) is 0. The molecule has 0 saturated heterocycles. The van der Waals surface area contributed by atoms with E-state index in [2.05, 4.69) is 91.2 Å². The minimum Gasteiger partial charge on any atom is -0.454 e. The fraction of sp³-hybridized carbons (Fsp3) is 0.0612. The highest BCUT2D eigenvalue weighted by molar-refractivity contribution is 6.18. The Bertz CT molecular complexity index is 3180. The Morgan fingerprint density at radius 1 is 0.545 bits per heavy atom. The van der Waals surface area contributed by atoms with E-state index >= 15 is 0 Å². The van der Waals surface area contributed by atoms with Gasteiger partial charge in [0.05, 0.1) is 16.6 Å². The molecule has 0 amide bonds. The summed E-state index contributed by atoms with van der Waals surface area (Å²) in [5.41, 5.74) is 11.8. The topological polar surface area (TPSA) is 80.5 Å². The molecule has 10 aromatic rings. The molecule has 0 bridgehead atoms. The van der Waals surface area contributed by atoms with Crippen LogP contribution in [0.1, 0.15) is 30.5 Å². The van der Waals surface area contributed by atoms with E-state index in [0.29, 0.717) is 45.5 Å². The van der Waals surface area contributed by atoms with Crippen molar-refractivity contribution in [1.82, 2.24) is 19.5 Å². The molecule has 0 saturated carbocycles. The molecule has 0 atom stereocenters. The summed E-state index contributed by atoms with van der Waals surface area (Å²) in [7, 11) is 0. The summed E-state index contributed by atoms with van der Waals surface area (Å²) in [6.45, 7) is 4.59. The average molecular weight is 706 g/mol. The van der Waals surface area contributed by atoms with Gasteiger partial charge in [-0.3, -0.25) is 0 Å². The van der Waals surface area contributed by atoms with Crippen molar-refractivity contribution in [2.24, 2.45) is 0 Å². The summed E-state index contributed by atoms with van der Waals surface area (Å²) < 4.78 is 9.11. The number of nitriles is 1. The Labute approximate surface area is 316 Å². The van der Waals surface area contributed by atoms with Gasteiger partial charge < -0.3 is 8.98 Å². The van der Waals surface area contributed by atoms with Gasteiger partial charge in [0, 0.05) is 43.7 Å². The van der Waals surface area contributed by atoms with Gasteiger partial charge in [0.25, 0.3) is 0 Å². The zero-order valence-electron chi connectivity index (χ0n) is 30.1. The lowest BCUT2D eigenvalue weighted by molar-refractivity contribution is 0.660. The predicted octanol–water partition coefficient (Wildman–Crippen LogP) is 12.0. The van der Waals surface area contributed by atoms with E-state index in [-0.39, 0.29) is 5.41 Å². The van der Waals surface area contributed by atoms with E-state index in [4.69, 9.17) is 19.4 Å². The first-order chi connectivity index (χ1) is 27.0. The summed E-state index contributed by atoms with van der Waals surface area (Å²) in [5, 5.41) is 15.1. The zero-order valence-corrected chi connectivity index (χ0v) is 30.1. The van der Waals surface area contributed by atoms with Crippen LogP contribution in [-0.4, -0.2) is 19.5 Å². The normalized spacial score (nSPS) is 13.0. The van der Waals surface area contributed by atoms with Crippen molar-refractivity contribution in [1.29, 1.82) is 5.26 Å². The van der Waals surface area contributed by atoms with Crippen molar-refractivity contribution in [2.45, 2.75) is 19.3 Å². The minimum absolute atomic E-state index is 0.205. The van der Waals surface area contributed by atoms with Gasteiger partial charge in [0.15, 0.2) is 23.1 Å². The van der Waals surface area contributed by atoms with E-state index in [9.17, 15) is 5.26 Å². The Hall–Kier alpha value is -7.36. The van der Waals surface area contributed by atoms with E-state index < -0.39 is 0 Å². The van der Waals surface area contributed by atoms with Crippen molar-refractivity contribution in [2.75, 3.05) is 0 Å². The zero-order chi connectivity index (χ0) is 36.8. The molecule has 0 aliphatic heterocycles. The number of para-hydroxylation sites is 2. The summed E-state index contributed by atoms with van der Waals surface area (Å²) >= 11 is 0. The van der Waals surface area contributed by atoms with E-state index in [1.54, 1.807) is 0 Å². The second-order valence-corrected chi connectivity index (χ2v) is 14.7. The quantitative estimate of drug-likeness (QED) is 0.182. The van der Waals surface area contributed by atoms with Crippen molar-refractivity contribution >= 4 is 43.7 Å².